The van der Waals surface area contributed by atoms with E-state index in [4.69, 9.17) is 23.7 Å². The van der Waals surface area contributed by atoms with Gasteiger partial charge in [-0.25, -0.2) is 0 Å². The van der Waals surface area contributed by atoms with E-state index in [0.29, 0.717) is 52.9 Å². The quantitative estimate of drug-likeness (QED) is 0.671. The van der Waals surface area contributed by atoms with Crippen LogP contribution < -0.4 is 0 Å². The molecule has 1 heterocycles. The van der Waals surface area contributed by atoms with Crippen molar-refractivity contribution in [2.24, 2.45) is 0 Å². The minimum Gasteiger partial charge on any atom is -0.377 e. The van der Waals surface area contributed by atoms with Crippen molar-refractivity contribution < 1.29 is 23.7 Å². The molecular weight excluding hydrogens is 418 g/mol. The molecule has 0 saturated carbocycles. The maximum atomic E-state index is 6.38. The van der Waals surface area contributed by atoms with E-state index in [-0.39, 0.29) is 24.3 Å². The molecule has 4 atom stereocenters. The van der Waals surface area contributed by atoms with E-state index in [1.165, 1.54) is 0 Å². The Morgan fingerprint density at radius 1 is 0.545 bits per heavy atom. The first-order valence-electron chi connectivity index (χ1n) is 12.0. The molecule has 1 aliphatic rings. The number of benzene rings is 2. The molecular formula is C27H39NO5. The molecule has 0 spiro atoms. The molecule has 0 bridgehead atoms. The Balaban J connectivity index is 1.79. The van der Waals surface area contributed by atoms with Gasteiger partial charge in [-0.2, -0.15) is 0 Å². The van der Waals surface area contributed by atoms with Crippen molar-refractivity contribution in [2.75, 3.05) is 59.9 Å². The summed E-state index contributed by atoms with van der Waals surface area (Å²) in [5.41, 5.74) is 2.32. The van der Waals surface area contributed by atoms with Crippen LogP contribution in [0.2, 0.25) is 0 Å². The van der Waals surface area contributed by atoms with Crippen molar-refractivity contribution in [1.29, 1.82) is 0 Å². The average molecular weight is 458 g/mol. The highest BCUT2D eigenvalue weighted by atomic mass is 16.6. The normalized spacial score (nSPS) is 28.0. The van der Waals surface area contributed by atoms with Crippen molar-refractivity contribution >= 4 is 0 Å². The number of ether oxygens (including phenoxy) is 5. The number of rotatable bonds is 2. The van der Waals surface area contributed by atoms with Gasteiger partial charge in [0.1, 0.15) is 0 Å². The lowest BCUT2D eigenvalue weighted by molar-refractivity contribution is -0.0786. The van der Waals surface area contributed by atoms with Gasteiger partial charge in [-0.15, -0.1) is 0 Å². The third kappa shape index (κ3) is 8.18. The molecule has 1 fully saturated rings. The summed E-state index contributed by atoms with van der Waals surface area (Å²) in [6.07, 6.45) is -0.172. The second-order valence-electron chi connectivity index (χ2n) is 8.39. The Hall–Kier alpha value is -1.80. The number of hydrogen-bond acceptors (Lipinski definition) is 6. The molecule has 0 radical (unpaired) electrons. The lowest BCUT2D eigenvalue weighted by atomic mass is 9.97. The van der Waals surface area contributed by atoms with Gasteiger partial charge in [-0.3, -0.25) is 4.90 Å². The summed E-state index contributed by atoms with van der Waals surface area (Å²) in [6.45, 7) is 8.74. The van der Waals surface area contributed by atoms with Crippen LogP contribution in [0.3, 0.4) is 0 Å². The predicted octanol–water partition coefficient (Wildman–Crippen LogP) is 4.27. The van der Waals surface area contributed by atoms with Crippen LogP contribution in [-0.2, 0) is 23.7 Å². The Bertz CT molecular complexity index is 696. The first-order valence-corrected chi connectivity index (χ1v) is 12.0. The average Bonchev–Trinajstić information content (AvgIpc) is 2.86. The lowest BCUT2D eigenvalue weighted by Gasteiger charge is -2.39. The van der Waals surface area contributed by atoms with E-state index in [1.807, 2.05) is 12.1 Å². The van der Waals surface area contributed by atoms with Crippen LogP contribution in [0, 0.1) is 0 Å². The largest absolute Gasteiger partial charge is 0.377 e. The molecule has 2 aromatic rings. The van der Waals surface area contributed by atoms with Crippen molar-refractivity contribution in [3.05, 3.63) is 71.8 Å². The van der Waals surface area contributed by atoms with E-state index in [1.54, 1.807) is 0 Å². The number of hydrogen-bond donors (Lipinski definition) is 0. The van der Waals surface area contributed by atoms with Crippen LogP contribution in [-0.4, -0.2) is 76.9 Å². The van der Waals surface area contributed by atoms with Gasteiger partial charge in [0.05, 0.1) is 65.1 Å². The summed E-state index contributed by atoms with van der Waals surface area (Å²) in [6, 6.07) is 21.1. The van der Waals surface area contributed by atoms with Crippen LogP contribution >= 0.6 is 0 Å². The van der Waals surface area contributed by atoms with Crippen LogP contribution in [0.4, 0.5) is 0 Å². The zero-order valence-electron chi connectivity index (χ0n) is 20.2. The zero-order chi connectivity index (χ0) is 23.3. The van der Waals surface area contributed by atoms with Gasteiger partial charge in [-0.1, -0.05) is 60.7 Å². The maximum absolute atomic E-state index is 6.38. The van der Waals surface area contributed by atoms with Crippen molar-refractivity contribution in [2.45, 2.75) is 38.1 Å². The first kappa shape index (κ1) is 25.8. The molecule has 0 N–H and O–H groups in total. The van der Waals surface area contributed by atoms with Crippen molar-refractivity contribution in [3.63, 3.8) is 0 Å². The highest BCUT2D eigenvalue weighted by Crippen LogP contribution is 2.30. The summed E-state index contributed by atoms with van der Waals surface area (Å²) >= 11 is 0. The van der Waals surface area contributed by atoms with Gasteiger partial charge in [0.2, 0.25) is 0 Å². The minimum absolute atomic E-state index is 0.0860. The molecule has 1 aliphatic heterocycles. The molecule has 0 unspecified atom stereocenters. The van der Waals surface area contributed by atoms with Gasteiger partial charge >= 0.3 is 0 Å². The SMILES string of the molecule is C[C@H]1[C@@H](c2ccccc2)OCCOCCOCCOCCO[C@H](c2ccccc2)[C@H](C)N1C. The highest BCUT2D eigenvalue weighted by Gasteiger charge is 2.31. The third-order valence-electron chi connectivity index (χ3n) is 6.21. The molecule has 0 amide bonds. The molecule has 0 aliphatic carbocycles. The second kappa shape index (κ2) is 14.5. The molecule has 6 nitrogen and oxygen atoms in total. The Kier molecular flexibility index (Phi) is 11.3. The standard InChI is InChI=1S/C27H39NO5/c1-22-26(24-10-6-4-7-11-24)32-20-18-30-16-14-29-15-17-31-19-21-33-27(23(2)28(22)3)25-12-8-5-9-13-25/h4-13,22-23,26-27H,14-21H2,1-3H3/t22-,23-,26-,27-/m0/s1. The maximum Gasteiger partial charge on any atom is 0.0978 e. The van der Waals surface area contributed by atoms with Gasteiger partial charge < -0.3 is 23.7 Å². The molecule has 33 heavy (non-hydrogen) atoms. The van der Waals surface area contributed by atoms with Gasteiger partial charge in [-0.05, 0) is 32.0 Å². The number of nitrogens with zero attached hydrogens (tertiary/aromatic N) is 1. The summed E-state index contributed by atoms with van der Waals surface area (Å²) < 4.78 is 29.7. The molecule has 2 aromatic carbocycles. The van der Waals surface area contributed by atoms with E-state index in [9.17, 15) is 0 Å². The third-order valence-corrected chi connectivity index (χ3v) is 6.21. The summed E-state index contributed by atoms with van der Waals surface area (Å²) in [5.74, 6) is 0. The fourth-order valence-corrected chi connectivity index (χ4v) is 4.12. The fraction of sp³-hybridized carbons (Fsp3) is 0.556. The predicted molar refractivity (Wildman–Crippen MR) is 129 cm³/mol. The van der Waals surface area contributed by atoms with Gasteiger partial charge in [0.15, 0.2) is 0 Å². The summed E-state index contributed by atoms with van der Waals surface area (Å²) in [7, 11) is 2.15. The minimum atomic E-state index is -0.0860. The monoisotopic (exact) mass is 457 g/mol. The Morgan fingerprint density at radius 3 is 1.24 bits per heavy atom. The molecule has 0 aromatic heterocycles. The molecule has 1 saturated heterocycles. The van der Waals surface area contributed by atoms with Crippen LogP contribution in [0.25, 0.3) is 0 Å². The van der Waals surface area contributed by atoms with Gasteiger partial charge in [0, 0.05) is 12.1 Å². The van der Waals surface area contributed by atoms with Crippen molar-refractivity contribution in [1.82, 2.24) is 4.90 Å². The van der Waals surface area contributed by atoms with E-state index >= 15 is 0 Å². The molecule has 182 valence electrons. The number of likely N-dealkylation sites (N-methyl/N-ethyl adjacent to an activating group) is 1. The van der Waals surface area contributed by atoms with E-state index in [2.05, 4.69) is 74.3 Å². The van der Waals surface area contributed by atoms with Crippen LogP contribution in [0.1, 0.15) is 37.2 Å². The highest BCUT2D eigenvalue weighted by molar-refractivity contribution is 5.21. The van der Waals surface area contributed by atoms with Gasteiger partial charge in [0.25, 0.3) is 0 Å². The fourth-order valence-electron chi connectivity index (χ4n) is 4.12. The first-order chi connectivity index (χ1) is 16.2. The van der Waals surface area contributed by atoms with E-state index < -0.39 is 0 Å². The van der Waals surface area contributed by atoms with Crippen molar-refractivity contribution in [3.8, 4) is 0 Å². The van der Waals surface area contributed by atoms with Crippen LogP contribution in [0.5, 0.6) is 0 Å². The Morgan fingerprint density at radius 2 is 0.879 bits per heavy atom. The molecule has 6 heteroatoms. The zero-order valence-corrected chi connectivity index (χ0v) is 20.2. The smallest absolute Gasteiger partial charge is 0.0978 e. The Labute approximate surface area is 198 Å². The van der Waals surface area contributed by atoms with E-state index in [0.717, 1.165) is 11.1 Å². The second-order valence-corrected chi connectivity index (χ2v) is 8.39. The summed E-state index contributed by atoms with van der Waals surface area (Å²) in [5, 5.41) is 0. The lowest BCUT2D eigenvalue weighted by Crippen LogP contribution is -2.45. The topological polar surface area (TPSA) is 49.4 Å². The summed E-state index contributed by atoms with van der Waals surface area (Å²) in [4.78, 5) is 2.36. The van der Waals surface area contributed by atoms with Crippen LogP contribution in [0.15, 0.2) is 60.7 Å². The molecule has 3 rings (SSSR count).